The van der Waals surface area contributed by atoms with Gasteiger partial charge in [-0.2, -0.15) is 0 Å². The first-order chi connectivity index (χ1) is 10.0. The van der Waals surface area contributed by atoms with Crippen LogP contribution in [0.3, 0.4) is 0 Å². The Morgan fingerprint density at radius 2 is 1.95 bits per heavy atom. The van der Waals surface area contributed by atoms with Gasteiger partial charge in [-0.15, -0.1) is 0 Å². The highest BCUT2D eigenvalue weighted by atomic mass is 16.5. The number of hydrogen-bond donors (Lipinski definition) is 1. The SMILES string of the molecule is COCC(C)CN1C(=O)CNC1c1ccc(C(C)C)cc1. The van der Waals surface area contributed by atoms with Crippen LogP contribution in [-0.2, 0) is 9.53 Å². The molecule has 2 atom stereocenters. The highest BCUT2D eigenvalue weighted by Crippen LogP contribution is 2.25. The van der Waals surface area contributed by atoms with Gasteiger partial charge in [-0.1, -0.05) is 45.0 Å². The summed E-state index contributed by atoms with van der Waals surface area (Å²) in [6.07, 6.45) is -0.0157. The van der Waals surface area contributed by atoms with Crippen LogP contribution in [0, 0.1) is 5.92 Å². The zero-order chi connectivity index (χ0) is 15.4. The van der Waals surface area contributed by atoms with Gasteiger partial charge in [-0.25, -0.2) is 0 Å². The average Bonchev–Trinajstić information content (AvgIpc) is 2.81. The second-order valence-corrected chi connectivity index (χ2v) is 6.21. The number of amides is 1. The molecule has 4 heteroatoms. The van der Waals surface area contributed by atoms with Crippen LogP contribution >= 0.6 is 0 Å². The minimum absolute atomic E-state index is 0.0157. The molecular weight excluding hydrogens is 264 g/mol. The van der Waals surface area contributed by atoms with Gasteiger partial charge in [-0.05, 0) is 23.0 Å². The number of benzene rings is 1. The number of carbonyl (C=O) groups excluding carboxylic acids is 1. The van der Waals surface area contributed by atoms with Crippen molar-refractivity contribution >= 4 is 5.91 Å². The second kappa shape index (κ2) is 7.05. The van der Waals surface area contributed by atoms with Gasteiger partial charge in [0.05, 0.1) is 13.2 Å². The van der Waals surface area contributed by atoms with Gasteiger partial charge in [0.2, 0.25) is 5.91 Å². The number of methoxy groups -OCH3 is 1. The predicted molar refractivity (Wildman–Crippen MR) is 84.0 cm³/mol. The number of carbonyl (C=O) groups is 1. The molecule has 1 saturated heterocycles. The molecule has 2 unspecified atom stereocenters. The molecule has 1 amide bonds. The molecule has 0 radical (unpaired) electrons. The summed E-state index contributed by atoms with van der Waals surface area (Å²) < 4.78 is 5.17. The smallest absolute Gasteiger partial charge is 0.238 e. The quantitative estimate of drug-likeness (QED) is 0.875. The van der Waals surface area contributed by atoms with Crippen molar-refractivity contribution in [3.63, 3.8) is 0 Å². The highest BCUT2D eigenvalue weighted by molar-refractivity contribution is 5.81. The summed E-state index contributed by atoms with van der Waals surface area (Å²) in [4.78, 5) is 14.0. The van der Waals surface area contributed by atoms with E-state index in [0.717, 1.165) is 12.1 Å². The maximum absolute atomic E-state index is 12.1. The third-order valence-corrected chi connectivity index (χ3v) is 3.96. The van der Waals surface area contributed by atoms with E-state index >= 15 is 0 Å². The van der Waals surface area contributed by atoms with Gasteiger partial charge in [0, 0.05) is 13.7 Å². The number of ether oxygens (including phenoxy) is 1. The fourth-order valence-electron chi connectivity index (χ4n) is 2.78. The number of nitrogens with one attached hydrogen (secondary N) is 1. The van der Waals surface area contributed by atoms with Crippen LogP contribution in [0.25, 0.3) is 0 Å². The molecule has 1 aliphatic heterocycles. The molecule has 1 N–H and O–H groups in total. The van der Waals surface area contributed by atoms with Crippen LogP contribution in [0.15, 0.2) is 24.3 Å². The Morgan fingerprint density at radius 1 is 1.29 bits per heavy atom. The largest absolute Gasteiger partial charge is 0.384 e. The van der Waals surface area contributed by atoms with E-state index in [-0.39, 0.29) is 12.1 Å². The first-order valence-corrected chi connectivity index (χ1v) is 7.64. The van der Waals surface area contributed by atoms with E-state index in [2.05, 4.69) is 50.4 Å². The van der Waals surface area contributed by atoms with Gasteiger partial charge in [-0.3, -0.25) is 10.1 Å². The first-order valence-electron chi connectivity index (χ1n) is 7.64. The summed E-state index contributed by atoms with van der Waals surface area (Å²) in [5.74, 6) is 1.02. The van der Waals surface area contributed by atoms with Crippen LogP contribution in [0.1, 0.15) is 44.0 Å². The lowest BCUT2D eigenvalue weighted by Gasteiger charge is -2.27. The van der Waals surface area contributed by atoms with Gasteiger partial charge in [0.1, 0.15) is 6.17 Å². The summed E-state index contributed by atoms with van der Waals surface area (Å²) in [5, 5.41) is 3.30. The van der Waals surface area contributed by atoms with E-state index in [1.54, 1.807) is 7.11 Å². The Labute approximate surface area is 127 Å². The Bertz CT molecular complexity index is 470. The van der Waals surface area contributed by atoms with E-state index < -0.39 is 0 Å². The van der Waals surface area contributed by atoms with Crippen LogP contribution in [0.2, 0.25) is 0 Å². The fraction of sp³-hybridized carbons (Fsp3) is 0.588. The third-order valence-electron chi connectivity index (χ3n) is 3.96. The topological polar surface area (TPSA) is 41.6 Å². The molecule has 0 spiro atoms. The second-order valence-electron chi connectivity index (χ2n) is 6.21. The fourth-order valence-corrected chi connectivity index (χ4v) is 2.78. The van der Waals surface area contributed by atoms with Gasteiger partial charge < -0.3 is 9.64 Å². The van der Waals surface area contributed by atoms with Crippen molar-refractivity contribution in [1.29, 1.82) is 0 Å². The van der Waals surface area contributed by atoms with E-state index in [9.17, 15) is 4.79 Å². The van der Waals surface area contributed by atoms with Gasteiger partial charge >= 0.3 is 0 Å². The Kier molecular flexibility index (Phi) is 5.37. The van der Waals surface area contributed by atoms with Crippen LogP contribution in [0.4, 0.5) is 0 Å². The Morgan fingerprint density at radius 3 is 2.52 bits per heavy atom. The van der Waals surface area contributed by atoms with E-state index in [1.165, 1.54) is 5.56 Å². The van der Waals surface area contributed by atoms with Crippen LogP contribution < -0.4 is 5.32 Å². The van der Waals surface area contributed by atoms with E-state index in [0.29, 0.717) is 25.0 Å². The molecule has 4 nitrogen and oxygen atoms in total. The van der Waals surface area contributed by atoms with Crippen molar-refractivity contribution in [3.05, 3.63) is 35.4 Å². The zero-order valence-corrected chi connectivity index (χ0v) is 13.4. The molecule has 1 heterocycles. The standard InChI is InChI=1S/C17H26N2O2/c1-12(2)14-5-7-15(8-6-14)17-18-9-16(20)19(17)10-13(3)11-21-4/h5-8,12-13,17-18H,9-11H2,1-4H3. The minimum atomic E-state index is -0.0157. The number of rotatable bonds is 6. The van der Waals surface area contributed by atoms with Crippen molar-refractivity contribution in [2.45, 2.75) is 32.9 Å². The summed E-state index contributed by atoms with van der Waals surface area (Å²) in [6, 6.07) is 8.56. The summed E-state index contributed by atoms with van der Waals surface area (Å²) in [5.41, 5.74) is 2.47. The van der Waals surface area contributed by atoms with E-state index in [4.69, 9.17) is 4.74 Å². The molecule has 0 aliphatic carbocycles. The Balaban J connectivity index is 2.11. The summed E-state index contributed by atoms with van der Waals surface area (Å²) >= 11 is 0. The van der Waals surface area contributed by atoms with Crippen LogP contribution in [0.5, 0.6) is 0 Å². The van der Waals surface area contributed by atoms with Crippen LogP contribution in [-0.4, -0.2) is 37.6 Å². The predicted octanol–water partition coefficient (Wildman–Crippen LogP) is 2.52. The normalized spacial score (nSPS) is 20.3. The van der Waals surface area contributed by atoms with Gasteiger partial charge in [0.25, 0.3) is 0 Å². The number of nitrogens with zero attached hydrogens (tertiary/aromatic N) is 1. The monoisotopic (exact) mass is 290 g/mol. The molecule has 1 aromatic rings. The van der Waals surface area contributed by atoms with Crippen molar-refractivity contribution < 1.29 is 9.53 Å². The maximum Gasteiger partial charge on any atom is 0.238 e. The maximum atomic E-state index is 12.1. The molecule has 1 fully saturated rings. The molecule has 1 aliphatic rings. The molecule has 0 saturated carbocycles. The van der Waals surface area contributed by atoms with Crippen molar-refractivity contribution in [2.24, 2.45) is 5.92 Å². The summed E-state index contributed by atoms with van der Waals surface area (Å²) in [6.45, 7) is 8.28. The van der Waals surface area contributed by atoms with Crippen molar-refractivity contribution in [2.75, 3.05) is 26.8 Å². The average molecular weight is 290 g/mol. The molecule has 0 bridgehead atoms. The highest BCUT2D eigenvalue weighted by Gasteiger charge is 2.32. The third kappa shape index (κ3) is 3.83. The lowest BCUT2D eigenvalue weighted by molar-refractivity contribution is -0.128. The molecule has 116 valence electrons. The van der Waals surface area contributed by atoms with Gasteiger partial charge in [0.15, 0.2) is 0 Å². The Hall–Kier alpha value is -1.39. The summed E-state index contributed by atoms with van der Waals surface area (Å²) in [7, 11) is 1.70. The molecule has 0 aromatic heterocycles. The number of hydrogen-bond acceptors (Lipinski definition) is 3. The van der Waals surface area contributed by atoms with Crippen molar-refractivity contribution in [1.82, 2.24) is 10.2 Å². The first kappa shape index (κ1) is 16.0. The van der Waals surface area contributed by atoms with E-state index in [1.807, 2.05) is 4.90 Å². The molecule has 2 rings (SSSR count). The molecular formula is C17H26N2O2. The molecule has 21 heavy (non-hydrogen) atoms. The minimum Gasteiger partial charge on any atom is -0.384 e. The molecule has 1 aromatic carbocycles. The van der Waals surface area contributed by atoms with Crippen molar-refractivity contribution in [3.8, 4) is 0 Å². The lowest BCUT2D eigenvalue weighted by Crippen LogP contribution is -2.35. The lowest BCUT2D eigenvalue weighted by atomic mass is 10.0. The zero-order valence-electron chi connectivity index (χ0n) is 13.4.